The minimum Gasteiger partial charge on any atom is -0.364 e. The van der Waals surface area contributed by atoms with Crippen LogP contribution >= 0.6 is 0 Å². The summed E-state index contributed by atoms with van der Waals surface area (Å²) in [7, 11) is 0. The van der Waals surface area contributed by atoms with Crippen LogP contribution in [0.15, 0.2) is 36.5 Å². The first-order valence-corrected chi connectivity index (χ1v) is 5.12. The zero-order valence-electron chi connectivity index (χ0n) is 9.34. The number of nitrogens with two attached hydrogens (primary N) is 1. The molecule has 2 aromatic heterocycles. The molecule has 2 rings (SSSR count). The second-order valence-electron chi connectivity index (χ2n) is 3.55. The average molecular weight is 228 g/mol. The van der Waals surface area contributed by atoms with Gasteiger partial charge in [-0.1, -0.05) is 6.07 Å². The number of nitrogens with one attached hydrogen (secondary N) is 1. The van der Waals surface area contributed by atoms with Crippen LogP contribution in [0.25, 0.3) is 0 Å². The van der Waals surface area contributed by atoms with E-state index in [1.807, 2.05) is 25.1 Å². The minimum absolute atomic E-state index is 0.204. The van der Waals surface area contributed by atoms with Crippen molar-refractivity contribution < 1.29 is 4.79 Å². The summed E-state index contributed by atoms with van der Waals surface area (Å²) in [4.78, 5) is 19.4. The third-order valence-corrected chi connectivity index (χ3v) is 2.19. The molecule has 5 nitrogen and oxygen atoms in total. The molecule has 0 saturated carbocycles. The van der Waals surface area contributed by atoms with Crippen molar-refractivity contribution in [1.82, 2.24) is 9.97 Å². The zero-order valence-corrected chi connectivity index (χ0v) is 9.34. The Morgan fingerprint density at radius 2 is 2.12 bits per heavy atom. The highest BCUT2D eigenvalue weighted by Crippen LogP contribution is 2.17. The van der Waals surface area contributed by atoms with Crippen molar-refractivity contribution in [2.75, 3.05) is 5.32 Å². The van der Waals surface area contributed by atoms with Gasteiger partial charge in [-0.3, -0.25) is 4.79 Å². The number of primary amides is 1. The molecule has 1 amide bonds. The number of carbonyl (C=O) groups excluding carboxylic acids is 1. The van der Waals surface area contributed by atoms with Crippen LogP contribution in [-0.2, 0) is 0 Å². The van der Waals surface area contributed by atoms with Crippen LogP contribution in [0.5, 0.6) is 0 Å². The fourth-order valence-corrected chi connectivity index (χ4v) is 1.45. The van der Waals surface area contributed by atoms with Gasteiger partial charge in [0.2, 0.25) is 0 Å². The van der Waals surface area contributed by atoms with E-state index in [1.165, 1.54) is 6.20 Å². The predicted molar refractivity (Wildman–Crippen MR) is 65.0 cm³/mol. The lowest BCUT2D eigenvalue weighted by atomic mass is 10.2. The maximum atomic E-state index is 11.2. The standard InChI is InChI=1S/C12H12N4O/c1-8-4-2-6-10(15-8)16-9-5-3-7-14-11(9)12(13)17/h2-7H,1H3,(H2,13,17)(H,15,16). The number of nitrogens with zero attached hydrogens (tertiary/aromatic N) is 2. The van der Waals surface area contributed by atoms with Crippen molar-refractivity contribution in [3.8, 4) is 0 Å². The van der Waals surface area contributed by atoms with Crippen LogP contribution in [-0.4, -0.2) is 15.9 Å². The summed E-state index contributed by atoms with van der Waals surface area (Å²) in [6.45, 7) is 1.89. The van der Waals surface area contributed by atoms with Crippen molar-refractivity contribution in [1.29, 1.82) is 0 Å². The van der Waals surface area contributed by atoms with E-state index in [1.54, 1.807) is 12.1 Å². The third-order valence-electron chi connectivity index (χ3n) is 2.19. The quantitative estimate of drug-likeness (QED) is 0.836. The second kappa shape index (κ2) is 4.61. The summed E-state index contributed by atoms with van der Waals surface area (Å²) >= 11 is 0. The predicted octanol–water partition coefficient (Wildman–Crippen LogP) is 1.63. The summed E-state index contributed by atoms with van der Waals surface area (Å²) in [5, 5.41) is 3.02. The molecule has 0 aliphatic carbocycles. The molecule has 86 valence electrons. The van der Waals surface area contributed by atoms with Crippen LogP contribution in [0.1, 0.15) is 16.2 Å². The normalized spacial score (nSPS) is 9.94. The highest BCUT2D eigenvalue weighted by Gasteiger charge is 2.09. The Kier molecular flexibility index (Phi) is 3.00. The SMILES string of the molecule is Cc1cccc(Nc2cccnc2C(N)=O)n1. The molecule has 0 aliphatic heterocycles. The van der Waals surface area contributed by atoms with Crippen molar-refractivity contribution in [2.45, 2.75) is 6.92 Å². The molecule has 0 spiro atoms. The van der Waals surface area contributed by atoms with Gasteiger partial charge in [-0.2, -0.15) is 0 Å². The van der Waals surface area contributed by atoms with E-state index in [9.17, 15) is 4.79 Å². The molecule has 0 fully saturated rings. The van der Waals surface area contributed by atoms with Crippen LogP contribution in [0.2, 0.25) is 0 Å². The Morgan fingerprint density at radius 1 is 1.29 bits per heavy atom. The Morgan fingerprint density at radius 3 is 2.82 bits per heavy atom. The first-order chi connectivity index (χ1) is 8.16. The number of pyridine rings is 2. The van der Waals surface area contributed by atoms with Gasteiger partial charge >= 0.3 is 0 Å². The van der Waals surface area contributed by atoms with Gasteiger partial charge in [0, 0.05) is 11.9 Å². The number of anilines is 2. The number of rotatable bonds is 3. The van der Waals surface area contributed by atoms with Gasteiger partial charge < -0.3 is 11.1 Å². The summed E-state index contributed by atoms with van der Waals surface area (Å²) in [5.74, 6) is 0.0845. The van der Waals surface area contributed by atoms with Gasteiger partial charge in [0.1, 0.15) is 5.82 Å². The molecule has 3 N–H and O–H groups in total. The van der Waals surface area contributed by atoms with E-state index in [2.05, 4.69) is 15.3 Å². The van der Waals surface area contributed by atoms with Crippen molar-refractivity contribution in [3.05, 3.63) is 47.9 Å². The lowest BCUT2D eigenvalue weighted by Crippen LogP contribution is -2.15. The first kappa shape index (κ1) is 11.1. The molecule has 0 unspecified atom stereocenters. The maximum absolute atomic E-state index is 11.2. The molecule has 0 radical (unpaired) electrons. The summed E-state index contributed by atoms with van der Waals surface area (Å²) in [5.41, 5.74) is 6.88. The smallest absolute Gasteiger partial charge is 0.269 e. The summed E-state index contributed by atoms with van der Waals surface area (Å²) in [6.07, 6.45) is 1.52. The fourth-order valence-electron chi connectivity index (χ4n) is 1.45. The number of hydrogen-bond donors (Lipinski definition) is 2. The molecule has 0 aliphatic rings. The largest absolute Gasteiger partial charge is 0.364 e. The van der Waals surface area contributed by atoms with E-state index in [0.717, 1.165) is 5.69 Å². The van der Waals surface area contributed by atoms with Gasteiger partial charge in [-0.25, -0.2) is 9.97 Å². The van der Waals surface area contributed by atoms with Gasteiger partial charge in [-0.05, 0) is 31.2 Å². The van der Waals surface area contributed by atoms with Gasteiger partial charge in [-0.15, -0.1) is 0 Å². The van der Waals surface area contributed by atoms with Gasteiger partial charge in [0.05, 0.1) is 5.69 Å². The van der Waals surface area contributed by atoms with E-state index in [4.69, 9.17) is 5.73 Å². The van der Waals surface area contributed by atoms with Gasteiger partial charge in [0.15, 0.2) is 5.69 Å². The third kappa shape index (κ3) is 2.57. The Hall–Kier alpha value is -2.43. The van der Waals surface area contributed by atoms with Crippen LogP contribution in [0.4, 0.5) is 11.5 Å². The molecule has 0 saturated heterocycles. The Balaban J connectivity index is 2.33. The van der Waals surface area contributed by atoms with E-state index >= 15 is 0 Å². The van der Waals surface area contributed by atoms with Crippen LogP contribution < -0.4 is 11.1 Å². The topological polar surface area (TPSA) is 80.9 Å². The number of carbonyl (C=O) groups is 1. The fraction of sp³-hybridized carbons (Fsp3) is 0.0833. The maximum Gasteiger partial charge on any atom is 0.269 e. The van der Waals surface area contributed by atoms with E-state index < -0.39 is 5.91 Å². The lowest BCUT2D eigenvalue weighted by molar-refractivity contribution is 0.0996. The molecular formula is C12H12N4O. The van der Waals surface area contributed by atoms with Crippen molar-refractivity contribution in [3.63, 3.8) is 0 Å². The van der Waals surface area contributed by atoms with Crippen LogP contribution in [0, 0.1) is 6.92 Å². The molecule has 0 bridgehead atoms. The summed E-state index contributed by atoms with van der Waals surface area (Å²) < 4.78 is 0. The zero-order chi connectivity index (χ0) is 12.3. The monoisotopic (exact) mass is 228 g/mol. The highest BCUT2D eigenvalue weighted by atomic mass is 16.1. The first-order valence-electron chi connectivity index (χ1n) is 5.12. The summed E-state index contributed by atoms with van der Waals surface area (Å²) in [6, 6.07) is 9.04. The molecular weight excluding hydrogens is 216 g/mol. The van der Waals surface area contributed by atoms with E-state index in [-0.39, 0.29) is 5.69 Å². The molecule has 2 heterocycles. The average Bonchev–Trinajstić information content (AvgIpc) is 2.29. The van der Waals surface area contributed by atoms with Crippen molar-refractivity contribution >= 4 is 17.4 Å². The molecule has 0 atom stereocenters. The van der Waals surface area contributed by atoms with Crippen LogP contribution in [0.3, 0.4) is 0 Å². The molecule has 5 heteroatoms. The van der Waals surface area contributed by atoms with E-state index in [0.29, 0.717) is 11.5 Å². The Bertz CT molecular complexity index is 554. The lowest BCUT2D eigenvalue weighted by Gasteiger charge is -2.08. The number of amides is 1. The number of aryl methyl sites for hydroxylation is 1. The number of aromatic nitrogens is 2. The van der Waals surface area contributed by atoms with Crippen molar-refractivity contribution in [2.24, 2.45) is 5.73 Å². The molecule has 2 aromatic rings. The molecule has 0 aromatic carbocycles. The Labute approximate surface area is 98.7 Å². The molecule has 17 heavy (non-hydrogen) atoms. The minimum atomic E-state index is -0.569. The van der Waals surface area contributed by atoms with Gasteiger partial charge in [0.25, 0.3) is 5.91 Å². The second-order valence-corrected chi connectivity index (χ2v) is 3.55. The number of hydrogen-bond acceptors (Lipinski definition) is 4. The highest BCUT2D eigenvalue weighted by molar-refractivity contribution is 5.96.